The summed E-state index contributed by atoms with van der Waals surface area (Å²) in [5.41, 5.74) is -0.324. The fraction of sp³-hybridized carbons (Fsp3) is 0.571. The van der Waals surface area contributed by atoms with E-state index in [1.54, 1.807) is 0 Å². The topological polar surface area (TPSA) is 52.6 Å². The zero-order valence-corrected chi connectivity index (χ0v) is 10.8. The number of hydrogen-bond acceptors (Lipinski definition) is 4. The molecule has 0 saturated carbocycles. The Morgan fingerprint density at radius 2 is 2.00 bits per heavy atom. The summed E-state index contributed by atoms with van der Waals surface area (Å²) in [5, 5.41) is 0. The summed E-state index contributed by atoms with van der Waals surface area (Å²) in [6.45, 7) is 0. The van der Waals surface area contributed by atoms with Crippen molar-refractivity contribution in [2.45, 2.75) is 32.1 Å². The molecule has 0 saturated heterocycles. The van der Waals surface area contributed by atoms with Gasteiger partial charge in [-0.15, -0.1) is 12.3 Å². The van der Waals surface area contributed by atoms with Crippen LogP contribution in [0.1, 0.15) is 32.1 Å². The van der Waals surface area contributed by atoms with Gasteiger partial charge in [-0.05, 0) is 25.7 Å². The molecule has 0 aromatic heterocycles. The number of terminal acetylenes is 1. The first-order chi connectivity index (χ1) is 8.60. The Morgan fingerprint density at radius 3 is 2.39 bits per heavy atom. The predicted octanol–water partition coefficient (Wildman–Crippen LogP) is 1.84. The van der Waals surface area contributed by atoms with Gasteiger partial charge in [-0.3, -0.25) is 9.59 Å². The van der Waals surface area contributed by atoms with Crippen LogP contribution in [0.3, 0.4) is 0 Å². The highest BCUT2D eigenvalue weighted by molar-refractivity contribution is 6.00. The minimum absolute atomic E-state index is 0.0102. The number of hydrogen-bond donors (Lipinski definition) is 0. The molecule has 0 atom stereocenters. The molecule has 4 heteroatoms. The predicted molar refractivity (Wildman–Crippen MR) is 66.5 cm³/mol. The lowest BCUT2D eigenvalue weighted by atomic mass is 9.78. The number of carbonyl (C=O) groups excluding carboxylic acids is 2. The molecular formula is C14H18O4. The Kier molecular flexibility index (Phi) is 4.96. The van der Waals surface area contributed by atoms with E-state index in [1.807, 2.05) is 0 Å². The maximum Gasteiger partial charge on any atom is 0.324 e. The minimum atomic E-state index is -1.39. The number of allylic oxidation sites excluding steroid dienone is 2. The molecule has 18 heavy (non-hydrogen) atoms. The van der Waals surface area contributed by atoms with Gasteiger partial charge in [0.2, 0.25) is 0 Å². The van der Waals surface area contributed by atoms with Gasteiger partial charge in [0, 0.05) is 6.42 Å². The van der Waals surface area contributed by atoms with E-state index in [0.717, 1.165) is 24.8 Å². The van der Waals surface area contributed by atoms with Crippen molar-refractivity contribution in [1.29, 1.82) is 0 Å². The van der Waals surface area contributed by atoms with Gasteiger partial charge in [0.25, 0.3) is 0 Å². The zero-order chi connectivity index (χ0) is 13.6. The summed E-state index contributed by atoms with van der Waals surface area (Å²) < 4.78 is 9.48. The Bertz CT molecular complexity index is 385. The first-order valence-electron chi connectivity index (χ1n) is 5.89. The van der Waals surface area contributed by atoms with Crippen molar-refractivity contribution in [1.82, 2.24) is 0 Å². The molecule has 0 radical (unpaired) electrons. The van der Waals surface area contributed by atoms with E-state index >= 15 is 0 Å². The maximum atomic E-state index is 12.0. The average Bonchev–Trinajstić information content (AvgIpc) is 2.88. The molecule has 0 fully saturated rings. The highest BCUT2D eigenvalue weighted by atomic mass is 16.5. The summed E-state index contributed by atoms with van der Waals surface area (Å²) in [7, 11) is 2.50. The molecule has 0 aromatic rings. The van der Waals surface area contributed by atoms with Gasteiger partial charge in [0.1, 0.15) is 0 Å². The van der Waals surface area contributed by atoms with Gasteiger partial charge in [-0.1, -0.05) is 11.6 Å². The smallest absolute Gasteiger partial charge is 0.324 e. The second-order valence-corrected chi connectivity index (χ2v) is 4.38. The largest absolute Gasteiger partial charge is 0.468 e. The van der Waals surface area contributed by atoms with Crippen molar-refractivity contribution in [2.75, 3.05) is 14.2 Å². The van der Waals surface area contributed by atoms with Gasteiger partial charge in [-0.25, -0.2) is 0 Å². The monoisotopic (exact) mass is 250 g/mol. The highest BCUT2D eigenvalue weighted by Gasteiger charge is 2.48. The number of carbonyl (C=O) groups is 2. The summed E-state index contributed by atoms with van der Waals surface area (Å²) >= 11 is 0. The lowest BCUT2D eigenvalue weighted by molar-refractivity contribution is -0.168. The summed E-state index contributed by atoms with van der Waals surface area (Å²) in [5.74, 6) is 1.13. The lowest BCUT2D eigenvalue weighted by Gasteiger charge is -2.26. The summed E-state index contributed by atoms with van der Waals surface area (Å²) in [6.07, 6.45) is 10.5. The van der Waals surface area contributed by atoms with Crippen LogP contribution in [0.15, 0.2) is 11.6 Å². The molecule has 4 nitrogen and oxygen atoms in total. The third kappa shape index (κ3) is 2.73. The number of esters is 2. The van der Waals surface area contributed by atoms with Crippen LogP contribution in [0.5, 0.6) is 0 Å². The highest BCUT2D eigenvalue weighted by Crippen LogP contribution is 2.36. The SMILES string of the molecule is C#CCC(CC1=CCCC1)(C(=O)OC)C(=O)OC. The normalized spacial score (nSPS) is 14.6. The number of rotatable bonds is 5. The van der Waals surface area contributed by atoms with E-state index in [4.69, 9.17) is 15.9 Å². The van der Waals surface area contributed by atoms with Gasteiger partial charge in [0.05, 0.1) is 14.2 Å². The van der Waals surface area contributed by atoms with Crippen molar-refractivity contribution in [3.63, 3.8) is 0 Å². The van der Waals surface area contributed by atoms with Crippen LogP contribution in [-0.4, -0.2) is 26.2 Å². The van der Waals surface area contributed by atoms with Crippen LogP contribution in [-0.2, 0) is 19.1 Å². The van der Waals surface area contributed by atoms with Crippen LogP contribution < -0.4 is 0 Å². The Morgan fingerprint density at radius 1 is 1.39 bits per heavy atom. The van der Waals surface area contributed by atoms with Crippen LogP contribution in [0, 0.1) is 17.8 Å². The van der Waals surface area contributed by atoms with Gasteiger partial charge in [0.15, 0.2) is 5.41 Å². The number of methoxy groups -OCH3 is 2. The van der Waals surface area contributed by atoms with Crippen molar-refractivity contribution in [3.05, 3.63) is 11.6 Å². The first-order valence-corrected chi connectivity index (χ1v) is 5.89. The lowest BCUT2D eigenvalue weighted by Crippen LogP contribution is -2.41. The maximum absolute atomic E-state index is 12.0. The van der Waals surface area contributed by atoms with Crippen LogP contribution in [0.25, 0.3) is 0 Å². The molecule has 0 amide bonds. The third-order valence-corrected chi connectivity index (χ3v) is 3.22. The fourth-order valence-electron chi connectivity index (χ4n) is 2.29. The Balaban J connectivity index is 3.06. The van der Waals surface area contributed by atoms with Crippen molar-refractivity contribution < 1.29 is 19.1 Å². The second kappa shape index (κ2) is 6.25. The average molecular weight is 250 g/mol. The Hall–Kier alpha value is -1.76. The molecule has 0 N–H and O–H groups in total. The molecule has 98 valence electrons. The summed E-state index contributed by atoms with van der Waals surface area (Å²) in [6, 6.07) is 0. The molecule has 0 aliphatic heterocycles. The van der Waals surface area contributed by atoms with Gasteiger partial charge >= 0.3 is 11.9 Å². The van der Waals surface area contributed by atoms with E-state index in [2.05, 4.69) is 12.0 Å². The van der Waals surface area contributed by atoms with E-state index in [9.17, 15) is 9.59 Å². The third-order valence-electron chi connectivity index (χ3n) is 3.22. The fourth-order valence-corrected chi connectivity index (χ4v) is 2.29. The molecule has 1 aliphatic rings. The minimum Gasteiger partial charge on any atom is -0.468 e. The summed E-state index contributed by atoms with van der Waals surface area (Å²) in [4.78, 5) is 23.9. The standard InChI is InChI=1S/C14H18O4/c1-4-9-14(12(15)17-2,13(16)18-3)10-11-7-5-6-8-11/h1,7H,5-6,8-10H2,2-3H3. The molecule has 0 bridgehead atoms. The van der Waals surface area contributed by atoms with Gasteiger partial charge < -0.3 is 9.47 Å². The molecule has 0 aromatic carbocycles. The van der Waals surface area contributed by atoms with E-state index in [-0.39, 0.29) is 12.8 Å². The van der Waals surface area contributed by atoms with Crippen LogP contribution in [0.4, 0.5) is 0 Å². The van der Waals surface area contributed by atoms with Gasteiger partial charge in [-0.2, -0.15) is 0 Å². The van der Waals surface area contributed by atoms with E-state index in [0.29, 0.717) is 0 Å². The second-order valence-electron chi connectivity index (χ2n) is 4.38. The molecule has 0 heterocycles. The van der Waals surface area contributed by atoms with Crippen molar-refractivity contribution >= 4 is 11.9 Å². The molecular weight excluding hydrogens is 232 g/mol. The molecule has 1 aliphatic carbocycles. The van der Waals surface area contributed by atoms with E-state index in [1.165, 1.54) is 14.2 Å². The van der Waals surface area contributed by atoms with Crippen LogP contribution in [0.2, 0.25) is 0 Å². The van der Waals surface area contributed by atoms with Crippen molar-refractivity contribution in [3.8, 4) is 12.3 Å². The molecule has 1 rings (SSSR count). The van der Waals surface area contributed by atoms with Crippen LogP contribution >= 0.6 is 0 Å². The molecule has 0 spiro atoms. The first kappa shape index (κ1) is 14.3. The molecule has 0 unspecified atom stereocenters. The number of ether oxygens (including phenoxy) is 2. The Labute approximate surface area is 107 Å². The van der Waals surface area contributed by atoms with E-state index < -0.39 is 17.4 Å². The quantitative estimate of drug-likeness (QED) is 0.323. The zero-order valence-electron chi connectivity index (χ0n) is 10.8. The van der Waals surface area contributed by atoms with Crippen molar-refractivity contribution in [2.24, 2.45) is 5.41 Å².